The molecule has 0 aliphatic carbocycles. The minimum Gasteiger partial charge on any atom is -0.478 e. The summed E-state index contributed by atoms with van der Waals surface area (Å²) in [6.07, 6.45) is 0. The number of nitrogens with two attached hydrogens (primary N) is 1. The Morgan fingerprint density at radius 1 is 1.20 bits per heavy atom. The fourth-order valence-corrected chi connectivity index (χ4v) is 2.09. The van der Waals surface area contributed by atoms with E-state index in [1.54, 1.807) is 18.2 Å². The molecule has 0 spiro atoms. The number of benzene rings is 2. The summed E-state index contributed by atoms with van der Waals surface area (Å²) in [6, 6.07) is 12.9. The van der Waals surface area contributed by atoms with E-state index in [-0.39, 0.29) is 11.3 Å². The number of hydrogen-bond donors (Lipinski definition) is 3. The van der Waals surface area contributed by atoms with E-state index in [4.69, 9.17) is 10.8 Å². The van der Waals surface area contributed by atoms with Crippen LogP contribution in [0.3, 0.4) is 0 Å². The van der Waals surface area contributed by atoms with Gasteiger partial charge in [-0.2, -0.15) is 0 Å². The van der Waals surface area contributed by atoms with Crippen LogP contribution >= 0.6 is 0 Å². The zero-order valence-electron chi connectivity index (χ0n) is 11.6. The molecule has 0 amide bonds. The molecule has 2 aromatic carbocycles. The van der Waals surface area contributed by atoms with Crippen molar-refractivity contribution < 1.29 is 9.90 Å². The van der Waals surface area contributed by atoms with Crippen molar-refractivity contribution in [2.45, 2.75) is 19.8 Å². The highest BCUT2D eigenvalue weighted by atomic mass is 16.4. The number of nitrogen functional groups attached to an aromatic ring is 1. The molecule has 0 bridgehead atoms. The number of carboxylic acid groups (broad SMARTS) is 1. The van der Waals surface area contributed by atoms with Crippen LogP contribution in [0.15, 0.2) is 42.5 Å². The van der Waals surface area contributed by atoms with Crippen LogP contribution in [0.2, 0.25) is 0 Å². The van der Waals surface area contributed by atoms with Crippen LogP contribution in [0.25, 0.3) is 0 Å². The smallest absolute Gasteiger partial charge is 0.337 e. The average molecular weight is 270 g/mol. The third-order valence-electron chi connectivity index (χ3n) is 3.15. The highest BCUT2D eigenvalue weighted by molar-refractivity contribution is 5.95. The summed E-state index contributed by atoms with van der Waals surface area (Å²) in [5, 5.41) is 12.3. The summed E-state index contributed by atoms with van der Waals surface area (Å²) in [4.78, 5) is 11.1. The quantitative estimate of drug-likeness (QED) is 0.738. The lowest BCUT2D eigenvalue weighted by Crippen LogP contribution is -2.04. The summed E-state index contributed by atoms with van der Waals surface area (Å²) in [6.45, 7) is 4.23. The van der Waals surface area contributed by atoms with Gasteiger partial charge in [0.25, 0.3) is 0 Å². The largest absolute Gasteiger partial charge is 0.478 e. The van der Waals surface area contributed by atoms with Gasteiger partial charge in [-0.15, -0.1) is 0 Å². The molecule has 2 rings (SSSR count). The minimum absolute atomic E-state index is 0.108. The Kier molecular flexibility index (Phi) is 3.94. The van der Waals surface area contributed by atoms with Gasteiger partial charge in [0, 0.05) is 17.1 Å². The first-order chi connectivity index (χ1) is 9.49. The molecular weight excluding hydrogens is 252 g/mol. The third-order valence-corrected chi connectivity index (χ3v) is 3.15. The number of para-hydroxylation sites is 1. The van der Waals surface area contributed by atoms with Crippen LogP contribution in [0.4, 0.5) is 17.1 Å². The Morgan fingerprint density at radius 2 is 1.90 bits per heavy atom. The predicted molar refractivity (Wildman–Crippen MR) is 81.6 cm³/mol. The van der Waals surface area contributed by atoms with Crippen LogP contribution < -0.4 is 11.1 Å². The van der Waals surface area contributed by atoms with Crippen molar-refractivity contribution in [3.63, 3.8) is 0 Å². The van der Waals surface area contributed by atoms with Gasteiger partial charge in [0.1, 0.15) is 0 Å². The number of hydrogen-bond acceptors (Lipinski definition) is 3. The summed E-state index contributed by atoms with van der Waals surface area (Å²) in [5.41, 5.74) is 8.90. The second-order valence-corrected chi connectivity index (χ2v) is 4.97. The van der Waals surface area contributed by atoms with E-state index in [2.05, 4.69) is 25.2 Å². The van der Waals surface area contributed by atoms with E-state index in [0.29, 0.717) is 11.6 Å². The first-order valence-electron chi connectivity index (χ1n) is 6.48. The lowest BCUT2D eigenvalue weighted by atomic mass is 10.0. The van der Waals surface area contributed by atoms with Gasteiger partial charge in [-0.1, -0.05) is 32.0 Å². The number of anilines is 3. The number of carboxylic acids is 1. The van der Waals surface area contributed by atoms with Crippen molar-refractivity contribution in [1.82, 2.24) is 0 Å². The van der Waals surface area contributed by atoms with E-state index in [1.165, 1.54) is 5.56 Å². The van der Waals surface area contributed by atoms with Gasteiger partial charge in [-0.25, -0.2) is 4.79 Å². The average Bonchev–Trinajstić information content (AvgIpc) is 2.41. The number of aromatic carboxylic acids is 1. The Labute approximate surface area is 118 Å². The van der Waals surface area contributed by atoms with Crippen LogP contribution in [-0.4, -0.2) is 11.1 Å². The van der Waals surface area contributed by atoms with Gasteiger partial charge in [0.15, 0.2) is 0 Å². The van der Waals surface area contributed by atoms with E-state index in [0.717, 1.165) is 5.69 Å². The molecule has 4 N–H and O–H groups in total. The molecule has 0 atom stereocenters. The zero-order chi connectivity index (χ0) is 14.7. The lowest BCUT2D eigenvalue weighted by Gasteiger charge is -2.15. The lowest BCUT2D eigenvalue weighted by molar-refractivity contribution is 0.0698. The Hall–Kier alpha value is -2.49. The highest BCUT2D eigenvalue weighted by Crippen LogP contribution is 2.28. The predicted octanol–water partition coefficient (Wildman–Crippen LogP) is 3.83. The van der Waals surface area contributed by atoms with Crippen LogP contribution in [0.5, 0.6) is 0 Å². The molecule has 0 aromatic heterocycles. The second kappa shape index (κ2) is 5.65. The Bertz CT molecular complexity index is 636. The molecule has 2 aromatic rings. The van der Waals surface area contributed by atoms with Gasteiger partial charge in [-0.05, 0) is 35.7 Å². The Balaban J connectivity index is 2.36. The number of carbonyl (C=O) groups is 1. The molecule has 0 radical (unpaired) electrons. The maximum absolute atomic E-state index is 11.1. The summed E-state index contributed by atoms with van der Waals surface area (Å²) >= 11 is 0. The van der Waals surface area contributed by atoms with Crippen molar-refractivity contribution >= 4 is 23.0 Å². The van der Waals surface area contributed by atoms with Crippen molar-refractivity contribution in [3.05, 3.63) is 53.6 Å². The summed E-state index contributed by atoms with van der Waals surface area (Å²) in [5.74, 6) is -0.644. The number of rotatable bonds is 4. The van der Waals surface area contributed by atoms with Crippen molar-refractivity contribution in [2.24, 2.45) is 0 Å². The monoisotopic (exact) mass is 270 g/mol. The molecule has 104 valence electrons. The van der Waals surface area contributed by atoms with E-state index in [1.807, 2.05) is 18.2 Å². The number of nitrogens with one attached hydrogen (secondary N) is 1. The molecule has 0 heterocycles. The zero-order valence-corrected chi connectivity index (χ0v) is 11.6. The standard InChI is InChI=1S/C16H18N2O2/c1-10(2)12-5-3-4-6-15(12)18-11-7-8-14(17)13(9-11)16(19)20/h3-10,18H,17H2,1-2H3,(H,19,20). The van der Waals surface area contributed by atoms with Crippen molar-refractivity contribution in [3.8, 4) is 0 Å². The van der Waals surface area contributed by atoms with E-state index in [9.17, 15) is 4.79 Å². The molecule has 0 saturated carbocycles. The van der Waals surface area contributed by atoms with Gasteiger partial charge in [0.05, 0.1) is 5.56 Å². The molecule has 0 unspecified atom stereocenters. The van der Waals surface area contributed by atoms with Gasteiger partial charge in [0.2, 0.25) is 0 Å². The topological polar surface area (TPSA) is 75.3 Å². The maximum atomic E-state index is 11.1. The highest BCUT2D eigenvalue weighted by Gasteiger charge is 2.10. The van der Waals surface area contributed by atoms with Gasteiger partial charge in [-0.3, -0.25) is 0 Å². The van der Waals surface area contributed by atoms with Crippen molar-refractivity contribution in [1.29, 1.82) is 0 Å². The van der Waals surface area contributed by atoms with Crippen LogP contribution in [-0.2, 0) is 0 Å². The molecule has 0 saturated heterocycles. The van der Waals surface area contributed by atoms with Crippen LogP contribution in [0, 0.1) is 0 Å². The molecule has 4 heteroatoms. The fourth-order valence-electron chi connectivity index (χ4n) is 2.09. The molecule has 0 aliphatic heterocycles. The van der Waals surface area contributed by atoms with E-state index < -0.39 is 5.97 Å². The van der Waals surface area contributed by atoms with Crippen LogP contribution in [0.1, 0.15) is 35.7 Å². The summed E-state index contributed by atoms with van der Waals surface area (Å²) in [7, 11) is 0. The second-order valence-electron chi connectivity index (χ2n) is 4.97. The maximum Gasteiger partial charge on any atom is 0.337 e. The molecule has 4 nitrogen and oxygen atoms in total. The molecule has 0 aliphatic rings. The SMILES string of the molecule is CC(C)c1ccccc1Nc1ccc(N)c(C(=O)O)c1. The molecular formula is C16H18N2O2. The molecule has 20 heavy (non-hydrogen) atoms. The Morgan fingerprint density at radius 3 is 2.55 bits per heavy atom. The summed E-state index contributed by atoms with van der Waals surface area (Å²) < 4.78 is 0. The van der Waals surface area contributed by atoms with Gasteiger partial charge >= 0.3 is 5.97 Å². The van der Waals surface area contributed by atoms with Gasteiger partial charge < -0.3 is 16.2 Å². The first kappa shape index (κ1) is 13.9. The first-order valence-corrected chi connectivity index (χ1v) is 6.48. The molecule has 0 fully saturated rings. The minimum atomic E-state index is -1.02. The van der Waals surface area contributed by atoms with E-state index >= 15 is 0 Å². The van der Waals surface area contributed by atoms with Crippen molar-refractivity contribution in [2.75, 3.05) is 11.1 Å². The third kappa shape index (κ3) is 2.91. The normalized spacial score (nSPS) is 10.6. The fraction of sp³-hybridized carbons (Fsp3) is 0.188.